The highest BCUT2D eigenvalue weighted by molar-refractivity contribution is 6.32. The Morgan fingerprint density at radius 1 is 1.20 bits per heavy atom. The average molecular weight is 294 g/mol. The van der Waals surface area contributed by atoms with Crippen LogP contribution in [0.1, 0.15) is 17.3 Å². The molecule has 0 bridgehead atoms. The highest BCUT2D eigenvalue weighted by Crippen LogP contribution is 2.11. The zero-order valence-electron chi connectivity index (χ0n) is 10.6. The molecule has 0 aliphatic heterocycles. The van der Waals surface area contributed by atoms with Crippen LogP contribution in [0, 0.1) is 0 Å². The second-order valence-corrected chi connectivity index (χ2v) is 4.65. The van der Waals surface area contributed by atoms with Crippen molar-refractivity contribution < 1.29 is 9.59 Å². The molecule has 20 heavy (non-hydrogen) atoms. The third kappa shape index (κ3) is 3.55. The van der Waals surface area contributed by atoms with Gasteiger partial charge in [0.1, 0.15) is 18.0 Å². The summed E-state index contributed by atoms with van der Waals surface area (Å²) in [6, 6.07) is 6.43. The van der Waals surface area contributed by atoms with E-state index in [-0.39, 0.29) is 11.8 Å². The Hall–Kier alpha value is -2.41. The Bertz CT molecular complexity index is 595. The fourth-order valence-corrected chi connectivity index (χ4v) is 1.44. The summed E-state index contributed by atoms with van der Waals surface area (Å²) in [6.07, 6.45) is 2.74. The molecule has 8 heteroatoms. The molecule has 0 radical (unpaired) electrons. The molecule has 2 aromatic rings. The van der Waals surface area contributed by atoms with Crippen molar-refractivity contribution in [2.45, 2.75) is 12.3 Å². The molecule has 1 aromatic heterocycles. The number of nitrogens with zero attached hydrogens (tertiary/aromatic N) is 3. The zero-order valence-corrected chi connectivity index (χ0v) is 11.3. The third-order valence-electron chi connectivity index (χ3n) is 2.43. The molecule has 0 aliphatic rings. The van der Waals surface area contributed by atoms with Gasteiger partial charge in [-0.25, -0.2) is 4.68 Å². The number of rotatable bonds is 4. The van der Waals surface area contributed by atoms with E-state index in [9.17, 15) is 9.59 Å². The normalized spacial score (nSPS) is 11.7. The first-order chi connectivity index (χ1) is 9.56. The number of carbonyl (C=O) groups excluding carboxylic acids is 2. The van der Waals surface area contributed by atoms with Crippen LogP contribution in [0.3, 0.4) is 0 Å². The van der Waals surface area contributed by atoms with Gasteiger partial charge in [-0.05, 0) is 31.2 Å². The Morgan fingerprint density at radius 2 is 1.80 bits per heavy atom. The van der Waals surface area contributed by atoms with Crippen molar-refractivity contribution in [3.8, 4) is 0 Å². The number of hydrogen-bond donors (Lipinski definition) is 2. The van der Waals surface area contributed by atoms with E-state index >= 15 is 0 Å². The lowest BCUT2D eigenvalue weighted by Crippen LogP contribution is -2.22. The van der Waals surface area contributed by atoms with Crippen molar-refractivity contribution in [3.05, 3.63) is 42.5 Å². The van der Waals surface area contributed by atoms with Gasteiger partial charge in [0.05, 0.1) is 0 Å². The lowest BCUT2D eigenvalue weighted by Gasteiger charge is -2.08. The highest BCUT2D eigenvalue weighted by Gasteiger charge is 2.10. The molecule has 7 nitrogen and oxygen atoms in total. The number of aromatic nitrogens is 3. The summed E-state index contributed by atoms with van der Waals surface area (Å²) in [7, 11) is 0. The van der Waals surface area contributed by atoms with Crippen LogP contribution in [0.15, 0.2) is 36.9 Å². The van der Waals surface area contributed by atoms with Gasteiger partial charge in [0, 0.05) is 11.3 Å². The molecule has 0 aliphatic carbocycles. The van der Waals surface area contributed by atoms with Crippen LogP contribution < -0.4 is 10.7 Å². The maximum absolute atomic E-state index is 11.9. The quantitative estimate of drug-likeness (QED) is 0.830. The molecule has 1 heterocycles. The van der Waals surface area contributed by atoms with Gasteiger partial charge in [-0.1, -0.05) is 0 Å². The molecule has 2 N–H and O–H groups in total. The maximum atomic E-state index is 11.9. The van der Waals surface area contributed by atoms with Crippen molar-refractivity contribution in [2.24, 2.45) is 0 Å². The Balaban J connectivity index is 2.00. The first-order valence-corrected chi connectivity index (χ1v) is 6.21. The van der Waals surface area contributed by atoms with E-state index in [0.29, 0.717) is 11.3 Å². The molecule has 1 atom stereocenters. The maximum Gasteiger partial charge on any atom is 0.270 e. The second-order valence-electron chi connectivity index (χ2n) is 3.99. The van der Waals surface area contributed by atoms with Crippen LogP contribution in [0.25, 0.3) is 0 Å². The SMILES string of the molecule is C[C@H](Cl)C(=O)Nc1ccc(C(=O)Nn2cnnc2)cc1. The van der Waals surface area contributed by atoms with Crippen molar-refractivity contribution in [1.82, 2.24) is 14.9 Å². The summed E-state index contributed by atoms with van der Waals surface area (Å²) in [5, 5.41) is 9.15. The summed E-state index contributed by atoms with van der Waals surface area (Å²) >= 11 is 5.65. The van der Waals surface area contributed by atoms with Gasteiger partial charge in [0.2, 0.25) is 5.91 Å². The summed E-state index contributed by atoms with van der Waals surface area (Å²) in [5.41, 5.74) is 3.57. The van der Waals surface area contributed by atoms with Crippen LogP contribution in [0.4, 0.5) is 5.69 Å². The second kappa shape index (κ2) is 6.16. The standard InChI is InChI=1S/C12H12ClN5O2/c1-8(13)11(19)16-10-4-2-9(3-5-10)12(20)17-18-6-14-15-7-18/h2-8H,1H3,(H,16,19)(H,17,20)/t8-/m0/s1. The lowest BCUT2D eigenvalue weighted by atomic mass is 10.2. The number of halogens is 1. The predicted molar refractivity (Wildman–Crippen MR) is 74.1 cm³/mol. The number of hydrogen-bond acceptors (Lipinski definition) is 4. The van der Waals surface area contributed by atoms with E-state index in [1.807, 2.05) is 0 Å². The van der Waals surface area contributed by atoms with E-state index in [1.165, 1.54) is 17.3 Å². The van der Waals surface area contributed by atoms with Gasteiger partial charge < -0.3 is 5.32 Å². The van der Waals surface area contributed by atoms with Gasteiger partial charge in [-0.3, -0.25) is 15.0 Å². The first kappa shape index (κ1) is 14.0. The van der Waals surface area contributed by atoms with Gasteiger partial charge >= 0.3 is 0 Å². The summed E-state index contributed by atoms with van der Waals surface area (Å²) < 4.78 is 1.34. The number of benzene rings is 1. The van der Waals surface area contributed by atoms with Crippen molar-refractivity contribution in [3.63, 3.8) is 0 Å². The Labute approximate surface area is 119 Å². The van der Waals surface area contributed by atoms with Crippen LogP contribution in [-0.4, -0.2) is 32.1 Å². The highest BCUT2D eigenvalue weighted by atomic mass is 35.5. The molecule has 2 amide bonds. The number of amides is 2. The van der Waals surface area contributed by atoms with E-state index in [2.05, 4.69) is 20.9 Å². The molecule has 0 saturated heterocycles. The van der Waals surface area contributed by atoms with E-state index < -0.39 is 5.38 Å². The Morgan fingerprint density at radius 3 is 2.35 bits per heavy atom. The minimum Gasteiger partial charge on any atom is -0.325 e. The van der Waals surface area contributed by atoms with E-state index in [0.717, 1.165) is 0 Å². The molecular weight excluding hydrogens is 282 g/mol. The van der Waals surface area contributed by atoms with E-state index in [1.54, 1.807) is 31.2 Å². The average Bonchev–Trinajstić information content (AvgIpc) is 2.92. The first-order valence-electron chi connectivity index (χ1n) is 5.77. The molecule has 1 aromatic carbocycles. The van der Waals surface area contributed by atoms with Crippen LogP contribution in [0.2, 0.25) is 0 Å². The van der Waals surface area contributed by atoms with E-state index in [4.69, 9.17) is 11.6 Å². The molecule has 0 unspecified atom stereocenters. The monoisotopic (exact) mass is 293 g/mol. The predicted octanol–water partition coefficient (Wildman–Crippen LogP) is 1.23. The fourth-order valence-electron chi connectivity index (χ4n) is 1.39. The summed E-state index contributed by atoms with van der Waals surface area (Å²) in [6.45, 7) is 1.58. The number of anilines is 1. The van der Waals surface area contributed by atoms with Gasteiger partial charge in [0.15, 0.2) is 0 Å². The van der Waals surface area contributed by atoms with Crippen LogP contribution in [0.5, 0.6) is 0 Å². The lowest BCUT2D eigenvalue weighted by molar-refractivity contribution is -0.115. The molecule has 0 spiro atoms. The minimum atomic E-state index is -0.619. The smallest absolute Gasteiger partial charge is 0.270 e. The van der Waals surface area contributed by atoms with Gasteiger partial charge in [-0.15, -0.1) is 21.8 Å². The molecule has 0 saturated carbocycles. The van der Waals surface area contributed by atoms with Crippen molar-refractivity contribution in [1.29, 1.82) is 0 Å². The number of alkyl halides is 1. The molecule has 0 fully saturated rings. The third-order valence-corrected chi connectivity index (χ3v) is 2.62. The zero-order chi connectivity index (χ0) is 14.5. The number of nitrogens with one attached hydrogen (secondary N) is 2. The molecule has 104 valence electrons. The minimum absolute atomic E-state index is 0.298. The van der Waals surface area contributed by atoms with Crippen LogP contribution >= 0.6 is 11.6 Å². The van der Waals surface area contributed by atoms with Crippen LogP contribution in [-0.2, 0) is 4.79 Å². The van der Waals surface area contributed by atoms with Crippen molar-refractivity contribution in [2.75, 3.05) is 10.7 Å². The summed E-state index contributed by atoms with van der Waals surface area (Å²) in [5.74, 6) is -0.609. The summed E-state index contributed by atoms with van der Waals surface area (Å²) in [4.78, 5) is 23.3. The Kier molecular flexibility index (Phi) is 4.31. The van der Waals surface area contributed by atoms with Gasteiger partial charge in [-0.2, -0.15) is 0 Å². The fraction of sp³-hybridized carbons (Fsp3) is 0.167. The largest absolute Gasteiger partial charge is 0.325 e. The molecular formula is C12H12ClN5O2. The number of carbonyl (C=O) groups is 2. The van der Waals surface area contributed by atoms with Gasteiger partial charge in [0.25, 0.3) is 5.91 Å². The van der Waals surface area contributed by atoms with Crippen molar-refractivity contribution >= 4 is 29.1 Å². The topological polar surface area (TPSA) is 88.9 Å². The molecule has 2 rings (SSSR count).